The van der Waals surface area contributed by atoms with Crippen LogP contribution >= 0.6 is 0 Å². The highest BCUT2D eigenvalue weighted by Crippen LogP contribution is 2.32. The number of hydrogen-bond donors (Lipinski definition) is 1. The van der Waals surface area contributed by atoms with Gasteiger partial charge in [-0.3, -0.25) is 4.99 Å². The second kappa shape index (κ2) is 6.42. The van der Waals surface area contributed by atoms with Crippen molar-refractivity contribution >= 4 is 17.6 Å². The molecule has 0 aliphatic rings. The number of anilines is 1. The van der Waals surface area contributed by atoms with Crippen molar-refractivity contribution in [1.29, 1.82) is 0 Å². The Morgan fingerprint density at radius 2 is 2.09 bits per heavy atom. The molecule has 120 valence electrons. The van der Waals surface area contributed by atoms with E-state index < -0.39 is 11.9 Å². The predicted molar refractivity (Wildman–Crippen MR) is 80.9 cm³/mol. The highest BCUT2D eigenvalue weighted by molar-refractivity contribution is 6.09. The topological polar surface area (TPSA) is 82.0 Å². The summed E-state index contributed by atoms with van der Waals surface area (Å²) in [5.74, 6) is 0.0100. The molecule has 2 aromatic heterocycles. The molecule has 0 aromatic carbocycles. The molecule has 0 radical (unpaired) electrons. The zero-order chi connectivity index (χ0) is 17.0. The van der Waals surface area contributed by atoms with Crippen molar-refractivity contribution in [1.82, 2.24) is 20.0 Å². The number of aromatic nitrogens is 4. The Labute approximate surface area is 129 Å². The van der Waals surface area contributed by atoms with Gasteiger partial charge in [-0.25, -0.2) is 4.68 Å². The number of nitrogen functional groups attached to an aromatic ring is 1. The zero-order valence-corrected chi connectivity index (χ0v) is 12.1. The van der Waals surface area contributed by atoms with E-state index in [0.717, 1.165) is 6.07 Å². The van der Waals surface area contributed by atoms with E-state index in [4.69, 9.17) is 5.73 Å². The summed E-state index contributed by atoms with van der Waals surface area (Å²) in [4.78, 5) is 3.80. The van der Waals surface area contributed by atoms with E-state index in [2.05, 4.69) is 26.9 Å². The molecule has 2 heterocycles. The fourth-order valence-electron chi connectivity index (χ4n) is 1.77. The van der Waals surface area contributed by atoms with Gasteiger partial charge in [-0.2, -0.15) is 18.3 Å². The summed E-state index contributed by atoms with van der Waals surface area (Å²) >= 11 is 0. The highest BCUT2D eigenvalue weighted by Gasteiger charge is 2.37. The minimum absolute atomic E-state index is 0.0890. The fraction of sp³-hybridized carbons (Fsp3) is 0.143. The van der Waals surface area contributed by atoms with Crippen molar-refractivity contribution in [3.8, 4) is 5.82 Å². The van der Waals surface area contributed by atoms with Crippen LogP contribution in [-0.2, 0) is 6.18 Å². The molecule has 0 bridgehead atoms. The Morgan fingerprint density at radius 1 is 1.35 bits per heavy atom. The van der Waals surface area contributed by atoms with Gasteiger partial charge in [0.25, 0.3) is 0 Å². The molecule has 0 fully saturated rings. The monoisotopic (exact) mass is 322 g/mol. The number of nitrogens with zero attached hydrogens (tertiary/aromatic N) is 5. The minimum atomic E-state index is -4.61. The van der Waals surface area contributed by atoms with Gasteiger partial charge in [-0.1, -0.05) is 12.7 Å². The Hall–Kier alpha value is -2.97. The molecule has 2 aromatic rings. The van der Waals surface area contributed by atoms with Gasteiger partial charge in [0.05, 0.1) is 5.69 Å². The smallest absolute Gasteiger partial charge is 0.382 e. The normalized spacial score (nSPS) is 12.8. The number of alkyl halides is 3. The van der Waals surface area contributed by atoms with Gasteiger partial charge in [0, 0.05) is 18.0 Å². The molecule has 9 heteroatoms. The van der Waals surface area contributed by atoms with Crippen LogP contribution in [0.3, 0.4) is 0 Å². The SMILES string of the molecule is C=CN=C/C(=C\C)c1cc(C(F)(F)F)n(-c2ccc(N)nn2)n1. The summed E-state index contributed by atoms with van der Waals surface area (Å²) in [5, 5.41) is 11.1. The molecule has 0 aliphatic carbocycles. The van der Waals surface area contributed by atoms with Crippen LogP contribution < -0.4 is 5.73 Å². The summed E-state index contributed by atoms with van der Waals surface area (Å²) < 4.78 is 40.4. The molecular formula is C14H13F3N6. The molecule has 2 N–H and O–H groups in total. The summed E-state index contributed by atoms with van der Waals surface area (Å²) in [7, 11) is 0. The molecule has 0 spiro atoms. The second-order valence-electron chi connectivity index (χ2n) is 4.35. The van der Waals surface area contributed by atoms with Crippen molar-refractivity contribution in [2.75, 3.05) is 5.73 Å². The lowest BCUT2D eigenvalue weighted by molar-refractivity contribution is -0.142. The Balaban J connectivity index is 2.59. The maximum atomic E-state index is 13.2. The minimum Gasteiger partial charge on any atom is -0.382 e. The van der Waals surface area contributed by atoms with E-state index >= 15 is 0 Å². The fourth-order valence-corrected chi connectivity index (χ4v) is 1.77. The molecule has 0 saturated heterocycles. The standard InChI is InChI=1S/C14H13F3N6/c1-3-9(8-19-4-2)10-7-11(14(15,16)17)23(22-10)13-6-5-12(18)20-21-13/h3-8H,2H2,1H3,(H2,18,20)/b9-3+,19-8?. The van der Waals surface area contributed by atoms with Crippen molar-refractivity contribution in [3.05, 3.63) is 48.4 Å². The van der Waals surface area contributed by atoms with Crippen LogP contribution in [0.15, 0.2) is 42.0 Å². The lowest BCUT2D eigenvalue weighted by Gasteiger charge is -2.08. The number of nitrogens with two attached hydrogens (primary N) is 1. The van der Waals surface area contributed by atoms with Crippen LogP contribution in [0.1, 0.15) is 18.3 Å². The largest absolute Gasteiger partial charge is 0.433 e. The maximum Gasteiger partial charge on any atom is 0.433 e. The Bertz CT molecular complexity index is 756. The van der Waals surface area contributed by atoms with Gasteiger partial charge < -0.3 is 5.73 Å². The van der Waals surface area contributed by atoms with Crippen LogP contribution in [0, 0.1) is 0 Å². The van der Waals surface area contributed by atoms with Crippen molar-refractivity contribution in [2.45, 2.75) is 13.1 Å². The third-order valence-corrected chi connectivity index (χ3v) is 2.81. The van der Waals surface area contributed by atoms with Crippen LogP contribution in [0.5, 0.6) is 0 Å². The van der Waals surface area contributed by atoms with E-state index in [1.807, 2.05) is 0 Å². The van der Waals surface area contributed by atoms with Gasteiger partial charge in [-0.05, 0) is 25.1 Å². The van der Waals surface area contributed by atoms with Gasteiger partial charge in [0.1, 0.15) is 5.82 Å². The Morgan fingerprint density at radius 3 is 2.61 bits per heavy atom. The molecule has 23 heavy (non-hydrogen) atoms. The van der Waals surface area contributed by atoms with Gasteiger partial charge >= 0.3 is 6.18 Å². The van der Waals surface area contributed by atoms with Crippen LogP contribution in [-0.4, -0.2) is 26.2 Å². The number of hydrogen-bond acceptors (Lipinski definition) is 5. The van der Waals surface area contributed by atoms with E-state index in [1.54, 1.807) is 13.0 Å². The first kappa shape index (κ1) is 16.4. The van der Waals surface area contributed by atoms with E-state index in [9.17, 15) is 13.2 Å². The predicted octanol–water partition coefficient (Wildman–Crippen LogP) is 2.88. The first-order chi connectivity index (χ1) is 10.9. The summed E-state index contributed by atoms with van der Waals surface area (Å²) in [6.07, 6.45) is -0.373. The number of rotatable bonds is 4. The van der Waals surface area contributed by atoms with Gasteiger partial charge in [0.15, 0.2) is 11.5 Å². The number of allylic oxidation sites excluding steroid dienone is 2. The third-order valence-electron chi connectivity index (χ3n) is 2.81. The molecule has 0 saturated carbocycles. The lowest BCUT2D eigenvalue weighted by Crippen LogP contribution is -2.14. The van der Waals surface area contributed by atoms with Crippen molar-refractivity contribution in [2.24, 2.45) is 4.99 Å². The maximum absolute atomic E-state index is 13.2. The average molecular weight is 322 g/mol. The van der Waals surface area contributed by atoms with E-state index in [1.165, 1.54) is 24.5 Å². The lowest BCUT2D eigenvalue weighted by atomic mass is 10.2. The summed E-state index contributed by atoms with van der Waals surface area (Å²) in [6, 6.07) is 3.57. The Kier molecular flexibility index (Phi) is 4.58. The zero-order valence-electron chi connectivity index (χ0n) is 12.1. The summed E-state index contributed by atoms with van der Waals surface area (Å²) in [5.41, 5.74) is 4.94. The first-order valence-corrected chi connectivity index (χ1v) is 6.44. The number of halogens is 3. The second-order valence-corrected chi connectivity index (χ2v) is 4.35. The average Bonchev–Trinajstić information content (AvgIpc) is 2.94. The van der Waals surface area contributed by atoms with Crippen molar-refractivity contribution in [3.63, 3.8) is 0 Å². The van der Waals surface area contributed by atoms with E-state index in [-0.39, 0.29) is 17.3 Å². The third kappa shape index (κ3) is 3.62. The van der Waals surface area contributed by atoms with Crippen LogP contribution in [0.4, 0.5) is 19.0 Å². The van der Waals surface area contributed by atoms with Gasteiger partial charge in [-0.15, -0.1) is 10.2 Å². The molecular weight excluding hydrogens is 309 g/mol. The molecule has 0 unspecified atom stereocenters. The van der Waals surface area contributed by atoms with Gasteiger partial charge in [0.2, 0.25) is 0 Å². The first-order valence-electron chi connectivity index (χ1n) is 6.44. The van der Waals surface area contributed by atoms with Crippen molar-refractivity contribution < 1.29 is 13.2 Å². The molecule has 6 nitrogen and oxygen atoms in total. The molecule has 0 aliphatic heterocycles. The quantitative estimate of drug-likeness (QED) is 0.878. The number of aliphatic imine (C=N–C) groups is 1. The molecule has 0 atom stereocenters. The molecule has 0 amide bonds. The van der Waals surface area contributed by atoms with Crippen LogP contribution in [0.25, 0.3) is 11.4 Å². The van der Waals surface area contributed by atoms with Crippen LogP contribution in [0.2, 0.25) is 0 Å². The van der Waals surface area contributed by atoms with E-state index in [0.29, 0.717) is 10.3 Å². The molecule has 2 rings (SSSR count). The highest BCUT2D eigenvalue weighted by atomic mass is 19.4. The summed E-state index contributed by atoms with van der Waals surface area (Å²) in [6.45, 7) is 5.08.